The maximum absolute atomic E-state index is 12.1. The Morgan fingerprint density at radius 3 is 2.61 bits per heavy atom. The second-order valence-electron chi connectivity index (χ2n) is 5.27. The monoisotopic (exact) mass is 246 g/mol. The van der Waals surface area contributed by atoms with E-state index >= 15 is 0 Å². The van der Waals surface area contributed by atoms with Gasteiger partial charge in [-0.25, -0.2) is 0 Å². The van der Waals surface area contributed by atoms with Crippen molar-refractivity contribution in [1.29, 1.82) is 0 Å². The van der Waals surface area contributed by atoms with Crippen molar-refractivity contribution < 1.29 is 4.79 Å². The molecule has 1 aliphatic rings. The largest absolute Gasteiger partial charge is 0.338 e. The van der Waals surface area contributed by atoms with Crippen molar-refractivity contribution in [1.82, 2.24) is 4.90 Å². The molecule has 1 saturated heterocycles. The van der Waals surface area contributed by atoms with Gasteiger partial charge in [0.2, 0.25) is 5.91 Å². The molecule has 1 aromatic carbocycles. The second-order valence-corrected chi connectivity index (χ2v) is 5.27. The molecule has 3 heteroatoms. The minimum Gasteiger partial charge on any atom is -0.338 e. The predicted molar refractivity (Wildman–Crippen MR) is 73.3 cm³/mol. The summed E-state index contributed by atoms with van der Waals surface area (Å²) < 4.78 is 0. The fourth-order valence-electron chi connectivity index (χ4n) is 2.47. The molecule has 1 aliphatic heterocycles. The summed E-state index contributed by atoms with van der Waals surface area (Å²) in [4.78, 5) is 14.0. The van der Waals surface area contributed by atoms with Crippen molar-refractivity contribution in [2.75, 3.05) is 6.54 Å². The van der Waals surface area contributed by atoms with E-state index in [2.05, 4.69) is 31.2 Å². The van der Waals surface area contributed by atoms with Crippen molar-refractivity contribution in [2.24, 2.45) is 5.73 Å². The standard InChI is InChI=1S/C15H22N2O/c1-11-3-5-13(6-4-11)7-8-15(18)17-10-9-14(16)12(17)2/h3-6,12,14H,7-10,16H2,1-2H3. The summed E-state index contributed by atoms with van der Waals surface area (Å²) in [6.45, 7) is 4.93. The Labute approximate surface area is 109 Å². The van der Waals surface area contributed by atoms with Gasteiger partial charge >= 0.3 is 0 Å². The lowest BCUT2D eigenvalue weighted by molar-refractivity contribution is -0.131. The van der Waals surface area contributed by atoms with E-state index in [-0.39, 0.29) is 18.0 Å². The molecule has 0 bridgehead atoms. The molecule has 1 aromatic rings. The number of nitrogens with zero attached hydrogens (tertiary/aromatic N) is 1. The van der Waals surface area contributed by atoms with E-state index in [1.807, 2.05) is 11.8 Å². The number of hydrogen-bond acceptors (Lipinski definition) is 2. The fourth-order valence-corrected chi connectivity index (χ4v) is 2.47. The quantitative estimate of drug-likeness (QED) is 0.885. The van der Waals surface area contributed by atoms with E-state index in [1.54, 1.807) is 0 Å². The van der Waals surface area contributed by atoms with Crippen LogP contribution in [0.15, 0.2) is 24.3 Å². The van der Waals surface area contributed by atoms with Crippen LogP contribution in [0.3, 0.4) is 0 Å². The van der Waals surface area contributed by atoms with E-state index in [0.717, 1.165) is 19.4 Å². The van der Waals surface area contributed by atoms with Crippen LogP contribution in [0.5, 0.6) is 0 Å². The summed E-state index contributed by atoms with van der Waals surface area (Å²) in [6, 6.07) is 8.72. The van der Waals surface area contributed by atoms with Crippen LogP contribution in [0.25, 0.3) is 0 Å². The maximum atomic E-state index is 12.1. The number of carbonyl (C=O) groups is 1. The van der Waals surface area contributed by atoms with Crippen molar-refractivity contribution in [3.8, 4) is 0 Å². The highest BCUT2D eigenvalue weighted by Gasteiger charge is 2.30. The summed E-state index contributed by atoms with van der Waals surface area (Å²) in [5, 5.41) is 0. The first-order valence-corrected chi connectivity index (χ1v) is 6.68. The molecule has 1 amide bonds. The minimum absolute atomic E-state index is 0.147. The number of benzene rings is 1. The summed E-state index contributed by atoms with van der Waals surface area (Å²) in [5.41, 5.74) is 8.42. The number of rotatable bonds is 3. The molecule has 0 spiro atoms. The molecule has 18 heavy (non-hydrogen) atoms. The third kappa shape index (κ3) is 2.91. The van der Waals surface area contributed by atoms with Crippen molar-refractivity contribution in [3.63, 3.8) is 0 Å². The van der Waals surface area contributed by atoms with Gasteiger partial charge in [-0.15, -0.1) is 0 Å². The zero-order valence-electron chi connectivity index (χ0n) is 11.2. The van der Waals surface area contributed by atoms with E-state index in [9.17, 15) is 4.79 Å². The lowest BCUT2D eigenvalue weighted by Gasteiger charge is -2.23. The molecule has 3 nitrogen and oxygen atoms in total. The first-order valence-electron chi connectivity index (χ1n) is 6.68. The summed E-state index contributed by atoms with van der Waals surface area (Å²) in [7, 11) is 0. The Kier molecular flexibility index (Phi) is 4.02. The third-order valence-corrected chi connectivity index (χ3v) is 3.88. The molecule has 2 atom stereocenters. The number of hydrogen-bond donors (Lipinski definition) is 1. The fraction of sp³-hybridized carbons (Fsp3) is 0.533. The van der Waals surface area contributed by atoms with Gasteiger partial charge in [-0.05, 0) is 32.3 Å². The summed E-state index contributed by atoms with van der Waals surface area (Å²) >= 11 is 0. The van der Waals surface area contributed by atoms with Gasteiger partial charge in [0.1, 0.15) is 0 Å². The van der Waals surface area contributed by atoms with E-state index < -0.39 is 0 Å². The Hall–Kier alpha value is -1.35. The van der Waals surface area contributed by atoms with Crippen LogP contribution in [-0.4, -0.2) is 29.4 Å². The van der Waals surface area contributed by atoms with Crippen molar-refractivity contribution >= 4 is 5.91 Å². The number of nitrogens with two attached hydrogens (primary N) is 1. The highest BCUT2D eigenvalue weighted by Crippen LogP contribution is 2.17. The third-order valence-electron chi connectivity index (χ3n) is 3.88. The highest BCUT2D eigenvalue weighted by atomic mass is 16.2. The van der Waals surface area contributed by atoms with Crippen LogP contribution in [0.4, 0.5) is 0 Å². The molecule has 0 saturated carbocycles. The lowest BCUT2D eigenvalue weighted by Crippen LogP contribution is -2.40. The molecular formula is C15H22N2O. The average Bonchev–Trinajstić information content (AvgIpc) is 2.69. The topological polar surface area (TPSA) is 46.3 Å². The van der Waals surface area contributed by atoms with Crippen LogP contribution in [-0.2, 0) is 11.2 Å². The molecule has 0 aromatic heterocycles. The van der Waals surface area contributed by atoms with Crippen LogP contribution in [0.2, 0.25) is 0 Å². The van der Waals surface area contributed by atoms with Crippen LogP contribution in [0, 0.1) is 6.92 Å². The molecule has 0 radical (unpaired) electrons. The molecule has 2 N–H and O–H groups in total. The van der Waals surface area contributed by atoms with Gasteiger partial charge in [0.25, 0.3) is 0 Å². The van der Waals surface area contributed by atoms with E-state index in [1.165, 1.54) is 11.1 Å². The Balaban J connectivity index is 1.87. The molecule has 0 aliphatic carbocycles. The van der Waals surface area contributed by atoms with E-state index in [0.29, 0.717) is 6.42 Å². The molecule has 1 heterocycles. The summed E-state index contributed by atoms with van der Waals surface area (Å²) in [5.74, 6) is 0.232. The molecule has 1 fully saturated rings. The summed E-state index contributed by atoms with van der Waals surface area (Å²) in [6.07, 6.45) is 2.33. The maximum Gasteiger partial charge on any atom is 0.223 e. The number of likely N-dealkylation sites (tertiary alicyclic amines) is 1. The van der Waals surface area contributed by atoms with Gasteiger partial charge in [0, 0.05) is 25.0 Å². The zero-order valence-corrected chi connectivity index (χ0v) is 11.2. The molecular weight excluding hydrogens is 224 g/mol. The normalized spacial score (nSPS) is 23.4. The predicted octanol–water partition coefficient (Wildman–Crippen LogP) is 1.88. The van der Waals surface area contributed by atoms with Crippen LogP contribution >= 0.6 is 0 Å². The Morgan fingerprint density at radius 1 is 1.39 bits per heavy atom. The molecule has 2 unspecified atom stereocenters. The van der Waals surface area contributed by atoms with Gasteiger partial charge in [0.15, 0.2) is 0 Å². The van der Waals surface area contributed by atoms with Gasteiger partial charge < -0.3 is 10.6 Å². The SMILES string of the molecule is Cc1ccc(CCC(=O)N2CCC(N)C2C)cc1. The van der Waals surface area contributed by atoms with Crippen molar-refractivity contribution in [3.05, 3.63) is 35.4 Å². The average molecular weight is 246 g/mol. The highest BCUT2D eigenvalue weighted by molar-refractivity contribution is 5.77. The van der Waals surface area contributed by atoms with Gasteiger partial charge in [0.05, 0.1) is 0 Å². The minimum atomic E-state index is 0.147. The second kappa shape index (κ2) is 5.53. The molecule has 2 rings (SSSR count). The van der Waals surface area contributed by atoms with Gasteiger partial charge in [-0.3, -0.25) is 4.79 Å². The number of carbonyl (C=O) groups excluding carboxylic acids is 1. The van der Waals surface area contributed by atoms with Gasteiger partial charge in [-0.2, -0.15) is 0 Å². The first kappa shape index (κ1) is 13.1. The number of aryl methyl sites for hydroxylation is 2. The lowest BCUT2D eigenvalue weighted by atomic mass is 10.1. The van der Waals surface area contributed by atoms with Crippen molar-refractivity contribution in [2.45, 2.75) is 45.2 Å². The van der Waals surface area contributed by atoms with E-state index in [4.69, 9.17) is 5.73 Å². The Bertz CT molecular complexity index is 413. The first-order chi connectivity index (χ1) is 8.58. The van der Waals surface area contributed by atoms with Crippen LogP contribution in [0.1, 0.15) is 30.9 Å². The Morgan fingerprint density at radius 2 is 2.06 bits per heavy atom. The number of amides is 1. The van der Waals surface area contributed by atoms with Gasteiger partial charge in [-0.1, -0.05) is 29.8 Å². The molecule has 98 valence electrons. The smallest absolute Gasteiger partial charge is 0.223 e. The van der Waals surface area contributed by atoms with Crippen LogP contribution < -0.4 is 5.73 Å². The zero-order chi connectivity index (χ0) is 13.1.